The number of ether oxygens (including phenoxy) is 1. The number of nitrogens with zero attached hydrogens (tertiary/aromatic N) is 2. The predicted octanol–water partition coefficient (Wildman–Crippen LogP) is 0.781. The van der Waals surface area contributed by atoms with Gasteiger partial charge in [0.2, 0.25) is 5.09 Å². The summed E-state index contributed by atoms with van der Waals surface area (Å²) in [5.74, 6) is -0.311. The van der Waals surface area contributed by atoms with E-state index in [1.807, 2.05) is 13.8 Å². The maximum atomic E-state index is 12.5. The van der Waals surface area contributed by atoms with Crippen molar-refractivity contribution in [1.82, 2.24) is 9.21 Å². The van der Waals surface area contributed by atoms with Crippen molar-refractivity contribution in [1.29, 1.82) is 0 Å². The smallest absolute Gasteiger partial charge is 0.290 e. The number of sulfonamides is 1. The molecule has 21 heavy (non-hydrogen) atoms. The van der Waals surface area contributed by atoms with E-state index in [0.29, 0.717) is 19.8 Å². The molecule has 7 nitrogen and oxygen atoms in total. The number of amides is 1. The van der Waals surface area contributed by atoms with Gasteiger partial charge in [-0.2, -0.15) is 0 Å². The van der Waals surface area contributed by atoms with Crippen LogP contribution in [0.25, 0.3) is 0 Å². The molecule has 1 saturated heterocycles. The van der Waals surface area contributed by atoms with Crippen molar-refractivity contribution < 1.29 is 22.4 Å². The normalized spacial score (nSPS) is 19.0. The standard InChI is InChI=1S/C13H20N2O5S/c1-13(2)9-19-8-7-15(13)12(16)10-5-6-11(20-10)21(17,18)14(3)4/h5-6H,7-9H2,1-4H3. The van der Waals surface area contributed by atoms with Crippen LogP contribution in [0.3, 0.4) is 0 Å². The second kappa shape index (κ2) is 5.43. The summed E-state index contributed by atoms with van der Waals surface area (Å²) < 4.78 is 35.6. The summed E-state index contributed by atoms with van der Waals surface area (Å²) >= 11 is 0. The van der Waals surface area contributed by atoms with Crippen molar-refractivity contribution in [2.75, 3.05) is 33.9 Å². The van der Waals surface area contributed by atoms with Gasteiger partial charge in [-0.05, 0) is 26.0 Å². The van der Waals surface area contributed by atoms with Crippen molar-refractivity contribution in [3.05, 3.63) is 17.9 Å². The van der Waals surface area contributed by atoms with Crippen LogP contribution < -0.4 is 0 Å². The zero-order valence-corrected chi connectivity index (χ0v) is 13.4. The van der Waals surface area contributed by atoms with E-state index >= 15 is 0 Å². The minimum absolute atomic E-state index is 0.0189. The third-order valence-corrected chi connectivity index (χ3v) is 5.11. The molecule has 1 fully saturated rings. The fraction of sp³-hybridized carbons (Fsp3) is 0.615. The van der Waals surface area contributed by atoms with E-state index in [4.69, 9.17) is 9.15 Å². The van der Waals surface area contributed by atoms with E-state index in [2.05, 4.69) is 0 Å². The van der Waals surface area contributed by atoms with Crippen LogP contribution in [0.4, 0.5) is 0 Å². The van der Waals surface area contributed by atoms with Crippen LogP contribution in [0.5, 0.6) is 0 Å². The summed E-state index contributed by atoms with van der Waals surface area (Å²) in [6.07, 6.45) is 0. The molecule has 1 aliphatic heterocycles. The topological polar surface area (TPSA) is 80.1 Å². The lowest BCUT2D eigenvalue weighted by Gasteiger charge is -2.41. The van der Waals surface area contributed by atoms with E-state index < -0.39 is 15.6 Å². The largest absolute Gasteiger partial charge is 0.438 e. The number of hydrogen-bond acceptors (Lipinski definition) is 5. The van der Waals surface area contributed by atoms with Gasteiger partial charge < -0.3 is 14.1 Å². The monoisotopic (exact) mass is 316 g/mol. The third kappa shape index (κ3) is 2.97. The number of rotatable bonds is 3. The van der Waals surface area contributed by atoms with Crippen LogP contribution in [-0.2, 0) is 14.8 Å². The molecule has 1 aromatic heterocycles. The van der Waals surface area contributed by atoms with Gasteiger partial charge in [0, 0.05) is 20.6 Å². The van der Waals surface area contributed by atoms with Crippen LogP contribution in [0, 0.1) is 0 Å². The van der Waals surface area contributed by atoms with Crippen LogP contribution >= 0.6 is 0 Å². The molecule has 8 heteroatoms. The summed E-state index contributed by atoms with van der Waals surface area (Å²) in [5, 5.41) is -0.234. The van der Waals surface area contributed by atoms with E-state index in [1.54, 1.807) is 4.90 Å². The second-order valence-electron chi connectivity index (χ2n) is 5.73. The SMILES string of the molecule is CN(C)S(=O)(=O)c1ccc(C(=O)N2CCOCC2(C)C)o1. The molecule has 0 N–H and O–H groups in total. The second-order valence-corrected chi connectivity index (χ2v) is 7.81. The van der Waals surface area contributed by atoms with Crippen LogP contribution in [0.15, 0.2) is 21.6 Å². The number of carbonyl (C=O) groups is 1. The molecule has 2 rings (SSSR count). The van der Waals surface area contributed by atoms with Crippen LogP contribution in [0.2, 0.25) is 0 Å². The number of furan rings is 1. The van der Waals surface area contributed by atoms with Crippen molar-refractivity contribution >= 4 is 15.9 Å². The highest BCUT2D eigenvalue weighted by atomic mass is 32.2. The molecule has 0 bridgehead atoms. The van der Waals surface area contributed by atoms with Crippen molar-refractivity contribution in [2.24, 2.45) is 0 Å². The molecular weight excluding hydrogens is 296 g/mol. The summed E-state index contributed by atoms with van der Waals surface area (Å²) in [6.45, 7) is 5.12. The highest BCUT2D eigenvalue weighted by molar-refractivity contribution is 7.88. The van der Waals surface area contributed by atoms with Gasteiger partial charge in [0.15, 0.2) is 5.76 Å². The number of carbonyl (C=O) groups excluding carboxylic acids is 1. The molecule has 0 saturated carbocycles. The van der Waals surface area contributed by atoms with E-state index in [9.17, 15) is 13.2 Å². The molecule has 0 unspecified atom stereocenters. The zero-order valence-electron chi connectivity index (χ0n) is 12.6. The Balaban J connectivity index is 2.28. The average molecular weight is 316 g/mol. The molecule has 1 aliphatic rings. The van der Waals surface area contributed by atoms with Gasteiger partial charge >= 0.3 is 0 Å². The van der Waals surface area contributed by atoms with Gasteiger partial charge in [0.1, 0.15) is 0 Å². The lowest BCUT2D eigenvalue weighted by Crippen LogP contribution is -2.55. The Kier molecular flexibility index (Phi) is 4.14. The lowest BCUT2D eigenvalue weighted by atomic mass is 10.0. The Morgan fingerprint density at radius 3 is 2.57 bits per heavy atom. The summed E-state index contributed by atoms with van der Waals surface area (Å²) in [7, 11) is -0.863. The maximum Gasteiger partial charge on any atom is 0.290 e. The molecule has 118 valence electrons. The molecule has 0 spiro atoms. The van der Waals surface area contributed by atoms with E-state index in [1.165, 1.54) is 26.2 Å². The molecule has 0 aliphatic carbocycles. The predicted molar refractivity (Wildman–Crippen MR) is 75.5 cm³/mol. The van der Waals surface area contributed by atoms with Gasteiger partial charge in [0.25, 0.3) is 15.9 Å². The molecule has 1 amide bonds. The number of hydrogen-bond donors (Lipinski definition) is 0. The van der Waals surface area contributed by atoms with E-state index in [-0.39, 0.29) is 16.8 Å². The first-order valence-corrected chi connectivity index (χ1v) is 8.02. The van der Waals surface area contributed by atoms with Crippen molar-refractivity contribution in [3.8, 4) is 0 Å². The summed E-state index contributed by atoms with van der Waals surface area (Å²) in [4.78, 5) is 14.1. The Hall–Kier alpha value is -1.38. The van der Waals surface area contributed by atoms with Gasteiger partial charge in [-0.25, -0.2) is 12.7 Å². The highest BCUT2D eigenvalue weighted by Crippen LogP contribution is 2.24. The molecule has 0 aromatic carbocycles. The fourth-order valence-electron chi connectivity index (χ4n) is 2.12. The quantitative estimate of drug-likeness (QED) is 0.823. The Morgan fingerprint density at radius 2 is 2.00 bits per heavy atom. The maximum absolute atomic E-state index is 12.5. The molecule has 2 heterocycles. The van der Waals surface area contributed by atoms with Gasteiger partial charge in [0.05, 0.1) is 18.8 Å². The Labute approximate surface area is 124 Å². The Bertz CT molecular complexity index is 633. The first-order valence-electron chi connectivity index (χ1n) is 6.58. The van der Waals surface area contributed by atoms with Gasteiger partial charge in [-0.15, -0.1) is 0 Å². The average Bonchev–Trinajstić information content (AvgIpc) is 2.87. The Morgan fingerprint density at radius 1 is 1.33 bits per heavy atom. The van der Waals surface area contributed by atoms with Gasteiger partial charge in [-0.3, -0.25) is 4.79 Å². The van der Waals surface area contributed by atoms with Crippen LogP contribution in [-0.4, -0.2) is 62.9 Å². The van der Waals surface area contributed by atoms with Crippen molar-refractivity contribution in [2.45, 2.75) is 24.5 Å². The molecule has 0 radical (unpaired) electrons. The third-order valence-electron chi connectivity index (χ3n) is 3.42. The minimum Gasteiger partial charge on any atom is -0.438 e. The van der Waals surface area contributed by atoms with Crippen molar-refractivity contribution in [3.63, 3.8) is 0 Å². The zero-order chi connectivity index (χ0) is 15.8. The summed E-state index contributed by atoms with van der Waals surface area (Å²) in [5.41, 5.74) is -0.456. The van der Waals surface area contributed by atoms with Gasteiger partial charge in [-0.1, -0.05) is 0 Å². The minimum atomic E-state index is -3.68. The number of morpholine rings is 1. The van der Waals surface area contributed by atoms with Crippen LogP contribution in [0.1, 0.15) is 24.4 Å². The first-order chi connectivity index (χ1) is 9.66. The molecule has 0 atom stereocenters. The molecular formula is C13H20N2O5S. The first kappa shape index (κ1) is 16.0. The summed E-state index contributed by atoms with van der Waals surface area (Å²) in [6, 6.07) is 2.69. The lowest BCUT2D eigenvalue weighted by molar-refractivity contribution is -0.0384. The molecule has 1 aromatic rings. The fourth-order valence-corrected chi connectivity index (χ4v) is 2.92. The van der Waals surface area contributed by atoms with E-state index in [0.717, 1.165) is 4.31 Å². The highest BCUT2D eigenvalue weighted by Gasteiger charge is 2.36.